The molecule has 0 fully saturated rings. The molecule has 3 aromatic carbocycles. The molecule has 1 amide bonds. The van der Waals surface area contributed by atoms with Crippen LogP contribution in [0.25, 0.3) is 10.8 Å². The third-order valence-electron chi connectivity index (χ3n) is 6.06. The van der Waals surface area contributed by atoms with E-state index in [-0.39, 0.29) is 18.6 Å². The summed E-state index contributed by atoms with van der Waals surface area (Å²) in [5, 5.41) is 7.47. The molecule has 1 unspecified atom stereocenters. The molecular formula is C27H26N2O2S. The maximum absolute atomic E-state index is 12.6. The van der Waals surface area contributed by atoms with Crippen LogP contribution in [0.2, 0.25) is 0 Å². The highest BCUT2D eigenvalue weighted by atomic mass is 32.1. The van der Waals surface area contributed by atoms with Crippen molar-refractivity contribution in [3.05, 3.63) is 100 Å². The Balaban J connectivity index is 1.21. The molecule has 1 aliphatic rings. The van der Waals surface area contributed by atoms with E-state index in [1.54, 1.807) is 11.3 Å². The van der Waals surface area contributed by atoms with E-state index >= 15 is 0 Å². The van der Waals surface area contributed by atoms with Gasteiger partial charge in [0.15, 0.2) is 6.61 Å². The van der Waals surface area contributed by atoms with E-state index in [0.717, 1.165) is 30.3 Å². The second kappa shape index (κ2) is 9.55. The number of nitrogens with zero attached hydrogens (tertiary/aromatic N) is 1. The number of nitrogens with one attached hydrogen (secondary N) is 1. The van der Waals surface area contributed by atoms with E-state index in [2.05, 4.69) is 58.1 Å². The Labute approximate surface area is 192 Å². The Morgan fingerprint density at radius 1 is 0.969 bits per heavy atom. The van der Waals surface area contributed by atoms with Gasteiger partial charge in [0.05, 0.1) is 6.04 Å². The molecule has 0 spiro atoms. The van der Waals surface area contributed by atoms with Crippen LogP contribution in [0.5, 0.6) is 5.75 Å². The number of amides is 1. The fraction of sp³-hybridized carbons (Fsp3) is 0.222. The summed E-state index contributed by atoms with van der Waals surface area (Å²) in [4.78, 5) is 16.3. The molecule has 0 radical (unpaired) electrons. The van der Waals surface area contributed by atoms with Crippen molar-refractivity contribution in [1.29, 1.82) is 0 Å². The van der Waals surface area contributed by atoms with Gasteiger partial charge >= 0.3 is 0 Å². The number of hydrogen-bond acceptors (Lipinski definition) is 4. The first-order chi connectivity index (χ1) is 15.8. The quantitative estimate of drug-likeness (QED) is 0.428. The van der Waals surface area contributed by atoms with Gasteiger partial charge in [-0.2, -0.15) is 0 Å². The van der Waals surface area contributed by atoms with Gasteiger partial charge in [-0.25, -0.2) is 0 Å². The minimum Gasteiger partial charge on any atom is -0.484 e. The smallest absolute Gasteiger partial charge is 0.258 e. The second-order valence-electron chi connectivity index (χ2n) is 8.12. The monoisotopic (exact) mass is 442 g/mol. The predicted octanol–water partition coefficient (Wildman–Crippen LogP) is 5.20. The highest BCUT2D eigenvalue weighted by Crippen LogP contribution is 2.30. The lowest BCUT2D eigenvalue weighted by atomic mass is 9.98. The lowest BCUT2D eigenvalue weighted by Crippen LogP contribution is -2.41. The Morgan fingerprint density at radius 2 is 1.78 bits per heavy atom. The van der Waals surface area contributed by atoms with Gasteiger partial charge in [-0.05, 0) is 51.9 Å². The molecule has 32 heavy (non-hydrogen) atoms. The number of carbonyl (C=O) groups excluding carboxylic acids is 1. The first kappa shape index (κ1) is 20.7. The summed E-state index contributed by atoms with van der Waals surface area (Å²) in [6, 6.07) is 27.1. The fourth-order valence-electron chi connectivity index (χ4n) is 4.34. The molecule has 1 atom stereocenters. The van der Waals surface area contributed by atoms with Crippen molar-refractivity contribution >= 4 is 28.0 Å². The largest absolute Gasteiger partial charge is 0.484 e. The average molecular weight is 443 g/mol. The van der Waals surface area contributed by atoms with Crippen molar-refractivity contribution in [2.24, 2.45) is 0 Å². The van der Waals surface area contributed by atoms with Crippen LogP contribution in [0, 0.1) is 0 Å². The molecule has 4 aromatic rings. The SMILES string of the molecule is O=C(COc1ccc2ccccc2c1)NCC(c1cccs1)N1CCc2ccccc2C1. The topological polar surface area (TPSA) is 41.6 Å². The summed E-state index contributed by atoms with van der Waals surface area (Å²) in [5.41, 5.74) is 2.81. The van der Waals surface area contributed by atoms with Crippen LogP contribution < -0.4 is 10.1 Å². The Hall–Kier alpha value is -3.15. The van der Waals surface area contributed by atoms with Gasteiger partial charge in [-0.15, -0.1) is 11.3 Å². The summed E-state index contributed by atoms with van der Waals surface area (Å²) in [6.07, 6.45) is 1.04. The van der Waals surface area contributed by atoms with Crippen LogP contribution in [0.4, 0.5) is 0 Å². The van der Waals surface area contributed by atoms with Crippen LogP contribution >= 0.6 is 11.3 Å². The Morgan fingerprint density at radius 3 is 2.62 bits per heavy atom. The first-order valence-electron chi connectivity index (χ1n) is 11.0. The van der Waals surface area contributed by atoms with Gasteiger partial charge in [0.2, 0.25) is 0 Å². The van der Waals surface area contributed by atoms with Gasteiger partial charge in [-0.1, -0.05) is 60.7 Å². The molecule has 0 bridgehead atoms. The van der Waals surface area contributed by atoms with E-state index in [1.165, 1.54) is 16.0 Å². The van der Waals surface area contributed by atoms with Crippen molar-refractivity contribution in [3.8, 4) is 5.75 Å². The summed E-state index contributed by atoms with van der Waals surface area (Å²) in [5.74, 6) is 0.610. The van der Waals surface area contributed by atoms with Crippen molar-refractivity contribution in [2.45, 2.75) is 19.0 Å². The maximum atomic E-state index is 12.6. The normalized spacial score (nSPS) is 14.6. The third-order valence-corrected chi connectivity index (χ3v) is 7.03. The number of thiophene rings is 1. The van der Waals surface area contributed by atoms with Gasteiger partial charge < -0.3 is 10.1 Å². The Bertz CT molecular complexity index is 1210. The van der Waals surface area contributed by atoms with Gasteiger partial charge in [0.25, 0.3) is 5.91 Å². The fourth-order valence-corrected chi connectivity index (χ4v) is 5.20. The Kier molecular flexibility index (Phi) is 6.19. The van der Waals surface area contributed by atoms with Crippen molar-refractivity contribution in [2.75, 3.05) is 19.7 Å². The molecule has 1 aromatic heterocycles. The maximum Gasteiger partial charge on any atom is 0.258 e. The molecule has 5 rings (SSSR count). The zero-order valence-electron chi connectivity index (χ0n) is 17.9. The molecule has 0 aliphatic carbocycles. The number of hydrogen-bond donors (Lipinski definition) is 1. The van der Waals surface area contributed by atoms with E-state index in [0.29, 0.717) is 12.3 Å². The predicted molar refractivity (Wildman–Crippen MR) is 130 cm³/mol. The summed E-state index contributed by atoms with van der Waals surface area (Å²) >= 11 is 1.74. The van der Waals surface area contributed by atoms with E-state index in [9.17, 15) is 4.79 Å². The van der Waals surface area contributed by atoms with Crippen molar-refractivity contribution in [1.82, 2.24) is 10.2 Å². The third kappa shape index (κ3) is 4.69. The lowest BCUT2D eigenvalue weighted by Gasteiger charge is -2.35. The van der Waals surface area contributed by atoms with Gasteiger partial charge in [0, 0.05) is 24.5 Å². The van der Waals surface area contributed by atoms with Gasteiger partial charge in [0.1, 0.15) is 5.75 Å². The van der Waals surface area contributed by atoms with Crippen molar-refractivity contribution in [3.63, 3.8) is 0 Å². The van der Waals surface area contributed by atoms with Crippen LogP contribution in [0.1, 0.15) is 22.0 Å². The molecule has 162 valence electrons. The molecule has 1 aliphatic heterocycles. The zero-order valence-corrected chi connectivity index (χ0v) is 18.7. The molecular weight excluding hydrogens is 416 g/mol. The molecule has 2 heterocycles. The second-order valence-corrected chi connectivity index (χ2v) is 9.10. The van der Waals surface area contributed by atoms with Gasteiger partial charge in [-0.3, -0.25) is 9.69 Å². The molecule has 5 heteroatoms. The number of benzene rings is 3. The minimum atomic E-state index is -0.0999. The summed E-state index contributed by atoms with van der Waals surface area (Å²) in [6.45, 7) is 2.48. The van der Waals surface area contributed by atoms with Crippen LogP contribution in [-0.2, 0) is 17.8 Å². The van der Waals surface area contributed by atoms with E-state index in [4.69, 9.17) is 4.74 Å². The van der Waals surface area contributed by atoms with E-state index < -0.39 is 0 Å². The first-order valence-corrected chi connectivity index (χ1v) is 11.9. The number of fused-ring (bicyclic) bond motifs is 2. The highest BCUT2D eigenvalue weighted by molar-refractivity contribution is 7.10. The molecule has 0 saturated carbocycles. The zero-order chi connectivity index (χ0) is 21.8. The minimum absolute atomic E-state index is 0.0122. The number of rotatable bonds is 7. The number of ether oxygens (including phenoxy) is 1. The molecule has 4 nitrogen and oxygen atoms in total. The van der Waals surface area contributed by atoms with Crippen LogP contribution in [0.15, 0.2) is 84.2 Å². The molecule has 0 saturated heterocycles. The average Bonchev–Trinajstić information content (AvgIpc) is 3.37. The summed E-state index contributed by atoms with van der Waals surface area (Å²) in [7, 11) is 0. The molecule has 1 N–H and O–H groups in total. The lowest BCUT2D eigenvalue weighted by molar-refractivity contribution is -0.123. The van der Waals surface area contributed by atoms with E-state index in [1.807, 2.05) is 36.4 Å². The van der Waals surface area contributed by atoms with Crippen LogP contribution in [-0.4, -0.2) is 30.5 Å². The standard InChI is InChI=1S/C27H26N2O2S/c30-27(19-31-24-12-11-20-6-1-3-8-22(20)16-24)28-17-25(26-10-5-15-32-26)29-14-13-21-7-2-4-9-23(21)18-29/h1-12,15-16,25H,13-14,17-19H2,(H,28,30). The van der Waals surface area contributed by atoms with Crippen molar-refractivity contribution < 1.29 is 9.53 Å². The number of carbonyl (C=O) groups is 1. The van der Waals surface area contributed by atoms with Crippen LogP contribution in [0.3, 0.4) is 0 Å². The summed E-state index contributed by atoms with van der Waals surface area (Å²) < 4.78 is 5.77. The highest BCUT2D eigenvalue weighted by Gasteiger charge is 2.25.